The Morgan fingerprint density at radius 3 is 2.88 bits per heavy atom. The van der Waals surface area contributed by atoms with Crippen molar-refractivity contribution in [2.24, 2.45) is 0 Å². The van der Waals surface area contributed by atoms with E-state index >= 15 is 0 Å². The molecule has 0 aliphatic heterocycles. The van der Waals surface area contributed by atoms with Gasteiger partial charge in [0.05, 0.1) is 7.11 Å². The normalized spacial score (nSPS) is 16.6. The monoisotopic (exact) mass is 234 g/mol. The van der Waals surface area contributed by atoms with Crippen LogP contribution in [0.25, 0.3) is 0 Å². The molecule has 1 aliphatic carbocycles. The van der Waals surface area contributed by atoms with Crippen molar-refractivity contribution in [3.63, 3.8) is 0 Å². The average Bonchev–Trinajstić information content (AvgIpc) is 3.19. The molecule has 1 N–H and O–H groups in total. The lowest BCUT2D eigenvalue weighted by molar-refractivity contribution is 0.414. The summed E-state index contributed by atoms with van der Waals surface area (Å²) in [6, 6.07) is 9.47. The molecule has 0 spiro atoms. The summed E-state index contributed by atoms with van der Waals surface area (Å²) in [5, 5.41) is 3.56. The minimum atomic E-state index is 0.489. The van der Waals surface area contributed by atoms with Crippen molar-refractivity contribution >= 4 is 5.69 Å². The van der Waals surface area contributed by atoms with Gasteiger partial charge in [0.1, 0.15) is 5.75 Å². The number of anilines is 1. The molecule has 2 rings (SSSR count). The van der Waals surface area contributed by atoms with Crippen LogP contribution in [0.1, 0.15) is 19.8 Å². The number of methoxy groups -OCH3 is 1. The first-order valence-corrected chi connectivity index (χ1v) is 6.31. The van der Waals surface area contributed by atoms with Crippen LogP contribution in [0.4, 0.5) is 5.69 Å². The van der Waals surface area contributed by atoms with Crippen molar-refractivity contribution in [1.82, 2.24) is 5.32 Å². The van der Waals surface area contributed by atoms with E-state index in [1.165, 1.54) is 18.5 Å². The minimum absolute atomic E-state index is 0.489. The molecular weight excluding hydrogens is 212 g/mol. The number of rotatable bonds is 6. The predicted octanol–water partition coefficient (Wildman–Crippen LogP) is 2.27. The summed E-state index contributed by atoms with van der Waals surface area (Å²) in [6.45, 7) is 3.28. The second kappa shape index (κ2) is 5.41. The van der Waals surface area contributed by atoms with Gasteiger partial charge in [-0.25, -0.2) is 0 Å². The second-order valence-electron chi connectivity index (χ2n) is 4.84. The van der Waals surface area contributed by atoms with Crippen LogP contribution in [0.15, 0.2) is 24.3 Å². The van der Waals surface area contributed by atoms with Gasteiger partial charge in [0.25, 0.3) is 0 Å². The maximum Gasteiger partial charge on any atom is 0.120 e. The summed E-state index contributed by atoms with van der Waals surface area (Å²) in [7, 11) is 3.84. The van der Waals surface area contributed by atoms with E-state index in [-0.39, 0.29) is 0 Å². The highest BCUT2D eigenvalue weighted by molar-refractivity contribution is 5.50. The fraction of sp³-hybridized carbons (Fsp3) is 0.571. The summed E-state index contributed by atoms with van der Waals surface area (Å²) >= 11 is 0. The standard InChI is InChI=1S/C14H22N2O/c1-11(10-15-12-7-8-12)16(2)13-5-4-6-14(9-13)17-3/h4-6,9,11-12,15H,7-8,10H2,1-3H3. The van der Waals surface area contributed by atoms with Crippen molar-refractivity contribution in [3.8, 4) is 5.75 Å². The van der Waals surface area contributed by atoms with Gasteiger partial charge in [-0.1, -0.05) is 6.07 Å². The van der Waals surface area contributed by atoms with E-state index in [0.29, 0.717) is 6.04 Å². The molecular formula is C14H22N2O. The van der Waals surface area contributed by atoms with Gasteiger partial charge >= 0.3 is 0 Å². The zero-order valence-corrected chi connectivity index (χ0v) is 10.9. The topological polar surface area (TPSA) is 24.5 Å². The van der Waals surface area contributed by atoms with Gasteiger partial charge in [-0.15, -0.1) is 0 Å². The maximum absolute atomic E-state index is 5.25. The third-order valence-corrected chi connectivity index (χ3v) is 3.40. The first-order valence-electron chi connectivity index (χ1n) is 6.31. The Bertz CT molecular complexity index is 363. The number of hydrogen-bond donors (Lipinski definition) is 1. The molecule has 0 heterocycles. The van der Waals surface area contributed by atoms with Gasteiger partial charge in [0.15, 0.2) is 0 Å². The highest BCUT2D eigenvalue weighted by Gasteiger charge is 2.21. The molecule has 1 aromatic carbocycles. The van der Waals surface area contributed by atoms with E-state index in [1.54, 1.807) is 7.11 Å². The molecule has 0 bridgehead atoms. The van der Waals surface area contributed by atoms with Gasteiger partial charge < -0.3 is 15.0 Å². The molecule has 1 fully saturated rings. The van der Waals surface area contributed by atoms with Crippen molar-refractivity contribution in [3.05, 3.63) is 24.3 Å². The highest BCUT2D eigenvalue weighted by atomic mass is 16.5. The number of nitrogens with zero attached hydrogens (tertiary/aromatic N) is 1. The molecule has 0 radical (unpaired) electrons. The van der Waals surface area contributed by atoms with Crippen LogP contribution in [0, 0.1) is 0 Å². The lowest BCUT2D eigenvalue weighted by atomic mass is 10.2. The number of hydrogen-bond acceptors (Lipinski definition) is 3. The van der Waals surface area contributed by atoms with E-state index in [1.807, 2.05) is 12.1 Å². The molecule has 0 aromatic heterocycles. The fourth-order valence-corrected chi connectivity index (χ4v) is 1.85. The Labute approximate surface area is 104 Å². The molecule has 17 heavy (non-hydrogen) atoms. The zero-order chi connectivity index (χ0) is 12.3. The second-order valence-corrected chi connectivity index (χ2v) is 4.84. The molecule has 1 unspecified atom stereocenters. The number of likely N-dealkylation sites (N-methyl/N-ethyl adjacent to an activating group) is 1. The number of benzene rings is 1. The third kappa shape index (κ3) is 3.37. The molecule has 0 amide bonds. The van der Waals surface area contributed by atoms with E-state index in [9.17, 15) is 0 Å². The molecule has 1 aliphatic rings. The van der Waals surface area contributed by atoms with Gasteiger partial charge in [0.2, 0.25) is 0 Å². The Balaban J connectivity index is 1.93. The van der Waals surface area contributed by atoms with Crippen LogP contribution >= 0.6 is 0 Å². The molecule has 3 nitrogen and oxygen atoms in total. The molecule has 1 atom stereocenters. The van der Waals surface area contributed by atoms with Crippen molar-refractivity contribution in [1.29, 1.82) is 0 Å². The molecule has 1 aromatic rings. The lowest BCUT2D eigenvalue weighted by Gasteiger charge is -2.27. The SMILES string of the molecule is COc1cccc(N(C)C(C)CNC2CC2)c1. The predicted molar refractivity (Wildman–Crippen MR) is 71.9 cm³/mol. The quantitative estimate of drug-likeness (QED) is 0.817. The Kier molecular flexibility index (Phi) is 3.89. The molecule has 3 heteroatoms. The maximum atomic E-state index is 5.25. The first kappa shape index (κ1) is 12.2. The smallest absolute Gasteiger partial charge is 0.120 e. The van der Waals surface area contributed by atoms with Gasteiger partial charge in [0, 0.05) is 37.4 Å². The van der Waals surface area contributed by atoms with Gasteiger partial charge in [-0.05, 0) is 31.9 Å². The van der Waals surface area contributed by atoms with Crippen molar-refractivity contribution in [2.75, 3.05) is 25.6 Å². The zero-order valence-electron chi connectivity index (χ0n) is 10.9. The van der Waals surface area contributed by atoms with Gasteiger partial charge in [-0.2, -0.15) is 0 Å². The third-order valence-electron chi connectivity index (χ3n) is 3.40. The Morgan fingerprint density at radius 2 is 2.24 bits per heavy atom. The Hall–Kier alpha value is -1.22. The summed E-state index contributed by atoms with van der Waals surface area (Å²) in [5.41, 5.74) is 1.20. The fourth-order valence-electron chi connectivity index (χ4n) is 1.85. The van der Waals surface area contributed by atoms with Crippen LogP contribution in [0.5, 0.6) is 5.75 Å². The summed E-state index contributed by atoms with van der Waals surface area (Å²) in [4.78, 5) is 2.29. The molecule has 0 saturated heterocycles. The lowest BCUT2D eigenvalue weighted by Crippen LogP contribution is -2.38. The number of nitrogens with one attached hydrogen (secondary N) is 1. The van der Waals surface area contributed by atoms with Gasteiger partial charge in [-0.3, -0.25) is 0 Å². The minimum Gasteiger partial charge on any atom is -0.497 e. The summed E-state index contributed by atoms with van der Waals surface area (Å²) in [6.07, 6.45) is 2.69. The van der Waals surface area contributed by atoms with E-state index in [4.69, 9.17) is 4.74 Å². The summed E-state index contributed by atoms with van der Waals surface area (Å²) in [5.74, 6) is 0.914. The highest BCUT2D eigenvalue weighted by Crippen LogP contribution is 2.22. The van der Waals surface area contributed by atoms with E-state index in [0.717, 1.165) is 18.3 Å². The average molecular weight is 234 g/mol. The molecule has 1 saturated carbocycles. The first-order chi connectivity index (χ1) is 8.20. The van der Waals surface area contributed by atoms with Crippen LogP contribution in [0.2, 0.25) is 0 Å². The largest absolute Gasteiger partial charge is 0.497 e. The Morgan fingerprint density at radius 1 is 1.47 bits per heavy atom. The van der Waals surface area contributed by atoms with E-state index < -0.39 is 0 Å². The molecule has 94 valence electrons. The number of ether oxygens (including phenoxy) is 1. The van der Waals surface area contributed by atoms with Crippen LogP contribution < -0.4 is 15.0 Å². The van der Waals surface area contributed by atoms with Crippen molar-refractivity contribution in [2.45, 2.75) is 31.8 Å². The van der Waals surface area contributed by atoms with Crippen LogP contribution in [0.3, 0.4) is 0 Å². The van der Waals surface area contributed by atoms with Crippen LogP contribution in [-0.2, 0) is 0 Å². The van der Waals surface area contributed by atoms with Crippen molar-refractivity contribution < 1.29 is 4.74 Å². The van der Waals surface area contributed by atoms with Crippen LogP contribution in [-0.4, -0.2) is 32.8 Å². The van der Waals surface area contributed by atoms with E-state index in [2.05, 4.69) is 36.3 Å². The summed E-state index contributed by atoms with van der Waals surface area (Å²) < 4.78 is 5.25.